The Labute approximate surface area is 83.1 Å². The number of nitriles is 1. The molecule has 0 bridgehead atoms. The van der Waals surface area contributed by atoms with E-state index in [9.17, 15) is 0 Å². The molecule has 0 atom stereocenters. The maximum Gasteiger partial charge on any atom is 0.0992 e. The molecule has 0 aromatic heterocycles. The molecule has 1 aromatic rings. The van der Waals surface area contributed by atoms with E-state index in [-0.39, 0.29) is 0 Å². The smallest absolute Gasteiger partial charge is 0.0992 e. The summed E-state index contributed by atoms with van der Waals surface area (Å²) in [4.78, 5) is 2.16. The molecule has 0 spiro atoms. The van der Waals surface area contributed by atoms with Gasteiger partial charge in [-0.2, -0.15) is 5.26 Å². The Morgan fingerprint density at radius 1 is 1.29 bits per heavy atom. The average Bonchev–Trinajstić information content (AvgIpc) is 2.70. The third-order valence-electron chi connectivity index (χ3n) is 2.32. The number of nitrogens with two attached hydrogens (primary N) is 1. The maximum absolute atomic E-state index is 8.69. The van der Waals surface area contributed by atoms with Crippen molar-refractivity contribution in [2.75, 3.05) is 23.7 Å². The van der Waals surface area contributed by atoms with Crippen LogP contribution in [0.1, 0.15) is 5.56 Å². The zero-order chi connectivity index (χ0) is 9.97. The largest absolute Gasteiger partial charge is 0.397 e. The molecule has 0 radical (unpaired) electrons. The Kier molecular flexibility index (Phi) is 2.11. The van der Waals surface area contributed by atoms with Crippen molar-refractivity contribution in [1.82, 2.24) is 0 Å². The van der Waals surface area contributed by atoms with Crippen molar-refractivity contribution in [2.45, 2.75) is 0 Å². The minimum Gasteiger partial charge on any atom is -0.397 e. The van der Waals surface area contributed by atoms with E-state index in [0.717, 1.165) is 18.8 Å². The number of hydrogen-bond acceptors (Lipinski definition) is 3. The van der Waals surface area contributed by atoms with Crippen molar-refractivity contribution in [1.29, 1.82) is 5.26 Å². The van der Waals surface area contributed by atoms with Crippen molar-refractivity contribution < 1.29 is 0 Å². The van der Waals surface area contributed by atoms with Gasteiger partial charge in [0.15, 0.2) is 0 Å². The second kappa shape index (κ2) is 3.43. The van der Waals surface area contributed by atoms with Gasteiger partial charge in [-0.15, -0.1) is 0 Å². The maximum atomic E-state index is 8.69. The number of nitrogens with zero attached hydrogens (tertiary/aromatic N) is 2. The molecular weight excluding hydrogens is 174 g/mol. The molecule has 0 amide bonds. The highest BCUT2D eigenvalue weighted by atomic mass is 15.1. The van der Waals surface area contributed by atoms with Crippen LogP contribution in [-0.4, -0.2) is 13.1 Å². The molecule has 1 aliphatic heterocycles. The van der Waals surface area contributed by atoms with Gasteiger partial charge in [0, 0.05) is 13.1 Å². The van der Waals surface area contributed by atoms with Crippen molar-refractivity contribution in [3.63, 3.8) is 0 Å². The van der Waals surface area contributed by atoms with Crippen LogP contribution < -0.4 is 10.6 Å². The first kappa shape index (κ1) is 8.64. The van der Waals surface area contributed by atoms with Crippen LogP contribution in [0, 0.1) is 11.3 Å². The van der Waals surface area contributed by atoms with E-state index in [1.807, 2.05) is 6.07 Å². The third-order valence-corrected chi connectivity index (χ3v) is 2.32. The molecule has 70 valence electrons. The third kappa shape index (κ3) is 1.42. The lowest BCUT2D eigenvalue weighted by molar-refractivity contribution is 1.01. The van der Waals surface area contributed by atoms with Gasteiger partial charge in [-0.1, -0.05) is 12.2 Å². The second-order valence-corrected chi connectivity index (χ2v) is 3.26. The van der Waals surface area contributed by atoms with Gasteiger partial charge in [-0.05, 0) is 18.2 Å². The first-order chi connectivity index (χ1) is 6.81. The number of hydrogen-bond donors (Lipinski definition) is 1. The van der Waals surface area contributed by atoms with Gasteiger partial charge >= 0.3 is 0 Å². The molecular formula is C11H11N3. The van der Waals surface area contributed by atoms with E-state index in [4.69, 9.17) is 11.0 Å². The lowest BCUT2D eigenvalue weighted by atomic mass is 10.2. The van der Waals surface area contributed by atoms with Gasteiger partial charge in [0.1, 0.15) is 0 Å². The summed E-state index contributed by atoms with van der Waals surface area (Å²) in [6.45, 7) is 1.80. The van der Waals surface area contributed by atoms with Crippen LogP contribution in [0.3, 0.4) is 0 Å². The van der Waals surface area contributed by atoms with Crippen LogP contribution in [0.5, 0.6) is 0 Å². The van der Waals surface area contributed by atoms with E-state index in [1.165, 1.54) is 0 Å². The summed E-state index contributed by atoms with van der Waals surface area (Å²) in [6.07, 6.45) is 4.22. The van der Waals surface area contributed by atoms with Crippen LogP contribution in [0.4, 0.5) is 11.4 Å². The molecule has 2 rings (SSSR count). The number of anilines is 2. The highest BCUT2D eigenvalue weighted by molar-refractivity contribution is 5.70. The molecule has 0 saturated carbocycles. The van der Waals surface area contributed by atoms with Gasteiger partial charge < -0.3 is 10.6 Å². The normalized spacial score (nSPS) is 14.4. The Balaban J connectivity index is 2.31. The van der Waals surface area contributed by atoms with E-state index < -0.39 is 0 Å². The Morgan fingerprint density at radius 2 is 2.00 bits per heavy atom. The molecule has 3 heteroatoms. The first-order valence-corrected chi connectivity index (χ1v) is 4.51. The second-order valence-electron chi connectivity index (χ2n) is 3.26. The molecule has 0 aliphatic carbocycles. The fourth-order valence-corrected chi connectivity index (χ4v) is 1.59. The summed E-state index contributed by atoms with van der Waals surface area (Å²) in [7, 11) is 0. The zero-order valence-corrected chi connectivity index (χ0v) is 7.77. The summed E-state index contributed by atoms with van der Waals surface area (Å²) in [5, 5.41) is 8.69. The molecule has 2 N–H and O–H groups in total. The molecule has 14 heavy (non-hydrogen) atoms. The summed E-state index contributed by atoms with van der Waals surface area (Å²) < 4.78 is 0. The van der Waals surface area contributed by atoms with Crippen molar-refractivity contribution in [3.8, 4) is 6.07 Å². The molecule has 3 nitrogen and oxygen atoms in total. The molecule has 1 aliphatic rings. The van der Waals surface area contributed by atoms with Gasteiger partial charge in [-0.3, -0.25) is 0 Å². The van der Waals surface area contributed by atoms with Gasteiger partial charge in [0.25, 0.3) is 0 Å². The van der Waals surface area contributed by atoms with E-state index in [1.54, 1.807) is 12.1 Å². The number of benzene rings is 1. The monoisotopic (exact) mass is 185 g/mol. The fraction of sp³-hybridized carbons (Fsp3) is 0.182. The first-order valence-electron chi connectivity index (χ1n) is 4.51. The Hall–Kier alpha value is -1.95. The highest BCUT2D eigenvalue weighted by Crippen LogP contribution is 2.25. The Bertz CT molecular complexity index is 407. The number of nitrogen functional groups attached to an aromatic ring is 1. The SMILES string of the molecule is N#Cc1ccc(N2CC=CC2)c(N)c1. The average molecular weight is 185 g/mol. The summed E-state index contributed by atoms with van der Waals surface area (Å²) in [5.41, 5.74) is 8.15. The Morgan fingerprint density at radius 3 is 2.57 bits per heavy atom. The van der Waals surface area contributed by atoms with Crippen molar-refractivity contribution >= 4 is 11.4 Å². The highest BCUT2D eigenvalue weighted by Gasteiger charge is 2.10. The van der Waals surface area contributed by atoms with Crippen LogP contribution in [0.25, 0.3) is 0 Å². The lowest BCUT2D eigenvalue weighted by Gasteiger charge is -2.19. The molecule has 0 saturated heterocycles. The predicted molar refractivity (Wildman–Crippen MR) is 56.9 cm³/mol. The standard InChI is InChI=1S/C11H11N3/c12-8-9-3-4-11(10(13)7-9)14-5-1-2-6-14/h1-4,7H,5-6,13H2. The topological polar surface area (TPSA) is 53.0 Å². The minimum absolute atomic E-state index is 0.610. The minimum atomic E-state index is 0.610. The predicted octanol–water partition coefficient (Wildman–Crippen LogP) is 1.52. The zero-order valence-electron chi connectivity index (χ0n) is 7.77. The van der Waals surface area contributed by atoms with Crippen molar-refractivity contribution in [3.05, 3.63) is 35.9 Å². The van der Waals surface area contributed by atoms with E-state index >= 15 is 0 Å². The van der Waals surface area contributed by atoms with Crippen LogP contribution in [0.15, 0.2) is 30.4 Å². The van der Waals surface area contributed by atoms with Gasteiger partial charge in [0.2, 0.25) is 0 Å². The molecule has 0 fully saturated rings. The van der Waals surface area contributed by atoms with Gasteiger partial charge in [0.05, 0.1) is 23.0 Å². The van der Waals surface area contributed by atoms with E-state index in [2.05, 4.69) is 23.1 Å². The van der Waals surface area contributed by atoms with Crippen LogP contribution >= 0.6 is 0 Å². The quantitative estimate of drug-likeness (QED) is 0.533. The summed E-state index contributed by atoms with van der Waals surface area (Å²) in [6, 6.07) is 7.49. The fourth-order valence-electron chi connectivity index (χ4n) is 1.59. The lowest BCUT2D eigenvalue weighted by Crippen LogP contribution is -2.19. The van der Waals surface area contributed by atoms with Crippen LogP contribution in [0.2, 0.25) is 0 Å². The van der Waals surface area contributed by atoms with Crippen LogP contribution in [-0.2, 0) is 0 Å². The summed E-state index contributed by atoms with van der Waals surface area (Å²) in [5.74, 6) is 0. The number of rotatable bonds is 1. The molecule has 0 unspecified atom stereocenters. The van der Waals surface area contributed by atoms with Crippen molar-refractivity contribution in [2.24, 2.45) is 0 Å². The van der Waals surface area contributed by atoms with E-state index in [0.29, 0.717) is 11.3 Å². The molecule has 1 heterocycles. The summed E-state index contributed by atoms with van der Waals surface area (Å²) >= 11 is 0. The van der Waals surface area contributed by atoms with Gasteiger partial charge in [-0.25, -0.2) is 0 Å². The molecule has 1 aromatic carbocycles.